The van der Waals surface area contributed by atoms with Gasteiger partial charge < -0.3 is 24.8 Å². The van der Waals surface area contributed by atoms with Crippen molar-refractivity contribution in [1.29, 1.82) is 0 Å². The third kappa shape index (κ3) is 3.54. The molecule has 0 unspecified atom stereocenters. The Morgan fingerprint density at radius 2 is 1.18 bits per heavy atom. The maximum Gasteiger partial charge on any atom is 0.378 e. The number of esters is 1. The molecular formula is C22H40O6. The lowest BCUT2D eigenvalue weighted by atomic mass is 9.48. The Bertz CT molecular complexity index is 634. The number of rotatable bonds is 3. The smallest absolute Gasteiger partial charge is 0.378 e. The Balaban J connectivity index is 4.10. The van der Waals surface area contributed by atoms with Crippen LogP contribution in [0.25, 0.3) is 0 Å². The molecule has 0 saturated heterocycles. The minimum absolute atomic E-state index is 0.661. The highest BCUT2D eigenvalue weighted by molar-refractivity contribution is 5.89. The second-order valence-electron chi connectivity index (χ2n) is 11.9. The molecule has 1 aliphatic heterocycles. The van der Waals surface area contributed by atoms with Gasteiger partial charge in [-0.2, -0.15) is 0 Å². The van der Waals surface area contributed by atoms with Gasteiger partial charge in [0.25, 0.3) is 0 Å². The average molecular weight is 401 g/mol. The average Bonchev–Trinajstić information content (AvgIpc) is 2.67. The molecule has 0 aliphatic carbocycles. The number of hydrogen-bond donors (Lipinski definition) is 3. The van der Waals surface area contributed by atoms with Crippen molar-refractivity contribution in [3.05, 3.63) is 11.5 Å². The number of ether oxygens (including phenoxy) is 2. The summed E-state index contributed by atoms with van der Waals surface area (Å²) in [5, 5.41) is 33.1. The molecule has 28 heavy (non-hydrogen) atoms. The van der Waals surface area contributed by atoms with E-state index in [0.717, 1.165) is 0 Å². The van der Waals surface area contributed by atoms with Crippen molar-refractivity contribution in [2.45, 2.75) is 106 Å². The van der Waals surface area contributed by atoms with Crippen molar-refractivity contribution in [2.75, 3.05) is 0 Å². The summed E-state index contributed by atoms with van der Waals surface area (Å²) in [4.78, 5) is 12.0. The first-order valence-electron chi connectivity index (χ1n) is 9.80. The number of cyclic esters (lactones) is 1. The summed E-state index contributed by atoms with van der Waals surface area (Å²) in [6.07, 6.45) is -1.47. The summed E-state index contributed by atoms with van der Waals surface area (Å²) in [5.74, 6) is -2.60. The van der Waals surface area contributed by atoms with Gasteiger partial charge in [0.05, 0.1) is 5.60 Å². The highest BCUT2D eigenvalue weighted by Gasteiger charge is 2.74. The Kier molecular flexibility index (Phi) is 5.86. The standard InChI is InChI=1S/C22H40O6/c1-17(2,3)21(26,15-13(23)14(24)16(25)27-15)22(18(4,5)6,19(7,8)9)28-20(10,11)12/h15,23-24,26H,1-12H3/t15-,21-/m0/s1. The zero-order chi connectivity index (χ0) is 22.7. The van der Waals surface area contributed by atoms with E-state index in [1.54, 1.807) is 0 Å². The highest BCUT2D eigenvalue weighted by atomic mass is 16.6. The monoisotopic (exact) mass is 400 g/mol. The fourth-order valence-electron chi connectivity index (χ4n) is 4.95. The van der Waals surface area contributed by atoms with Gasteiger partial charge in [-0.15, -0.1) is 0 Å². The van der Waals surface area contributed by atoms with Crippen molar-refractivity contribution >= 4 is 5.97 Å². The Hall–Kier alpha value is -1.27. The van der Waals surface area contributed by atoms with Crippen LogP contribution >= 0.6 is 0 Å². The van der Waals surface area contributed by atoms with Crippen LogP contribution in [0.15, 0.2) is 11.5 Å². The van der Waals surface area contributed by atoms with Crippen LogP contribution in [0.5, 0.6) is 0 Å². The molecule has 2 atom stereocenters. The number of hydrogen-bond acceptors (Lipinski definition) is 6. The van der Waals surface area contributed by atoms with Gasteiger partial charge in [-0.1, -0.05) is 62.3 Å². The zero-order valence-electron chi connectivity index (χ0n) is 19.6. The minimum Gasteiger partial charge on any atom is -0.505 e. The summed E-state index contributed by atoms with van der Waals surface area (Å²) in [6.45, 7) is 22.9. The minimum atomic E-state index is -1.89. The molecule has 0 bridgehead atoms. The molecule has 1 rings (SSSR count). The zero-order valence-corrected chi connectivity index (χ0v) is 19.6. The maximum absolute atomic E-state index is 12.5. The third-order valence-electron chi connectivity index (χ3n) is 5.54. The van der Waals surface area contributed by atoms with Gasteiger partial charge in [0, 0.05) is 0 Å². The molecule has 3 N–H and O–H groups in total. The fraction of sp³-hybridized carbons (Fsp3) is 0.864. The Labute approximate surface area is 169 Å². The van der Waals surface area contributed by atoms with Gasteiger partial charge in [0.2, 0.25) is 5.76 Å². The molecule has 0 spiro atoms. The topological polar surface area (TPSA) is 96.2 Å². The normalized spacial score (nSPS) is 22.3. The van der Waals surface area contributed by atoms with E-state index >= 15 is 0 Å². The van der Waals surface area contributed by atoms with Gasteiger partial charge in [-0.25, -0.2) is 4.79 Å². The predicted molar refractivity (Wildman–Crippen MR) is 109 cm³/mol. The van der Waals surface area contributed by atoms with E-state index in [2.05, 4.69) is 0 Å². The molecule has 6 nitrogen and oxygen atoms in total. The van der Waals surface area contributed by atoms with Crippen LogP contribution in [0.1, 0.15) is 83.1 Å². The van der Waals surface area contributed by atoms with Gasteiger partial charge in [-0.3, -0.25) is 0 Å². The fourth-order valence-corrected chi connectivity index (χ4v) is 4.95. The molecule has 0 fully saturated rings. The van der Waals surface area contributed by atoms with Gasteiger partial charge in [0.15, 0.2) is 11.9 Å². The lowest BCUT2D eigenvalue weighted by molar-refractivity contribution is -0.353. The van der Waals surface area contributed by atoms with Crippen LogP contribution in [0, 0.1) is 16.2 Å². The second kappa shape index (κ2) is 6.63. The van der Waals surface area contributed by atoms with Crippen LogP contribution in [-0.2, 0) is 14.3 Å². The molecule has 0 aromatic heterocycles. The van der Waals surface area contributed by atoms with Crippen molar-refractivity contribution < 1.29 is 29.6 Å². The van der Waals surface area contributed by atoms with E-state index in [-0.39, 0.29) is 0 Å². The van der Waals surface area contributed by atoms with Crippen molar-refractivity contribution in [3.8, 4) is 0 Å². The van der Waals surface area contributed by atoms with Crippen molar-refractivity contribution in [1.82, 2.24) is 0 Å². The van der Waals surface area contributed by atoms with Gasteiger partial charge in [-0.05, 0) is 37.0 Å². The Morgan fingerprint density at radius 1 is 0.786 bits per heavy atom. The van der Waals surface area contributed by atoms with Crippen molar-refractivity contribution in [2.24, 2.45) is 16.2 Å². The highest BCUT2D eigenvalue weighted by Crippen LogP contribution is 2.62. The molecule has 164 valence electrons. The van der Waals surface area contributed by atoms with Crippen LogP contribution < -0.4 is 0 Å². The molecule has 1 heterocycles. The molecule has 0 amide bonds. The summed E-state index contributed by atoms with van der Waals surface area (Å²) < 4.78 is 12.1. The number of aliphatic hydroxyl groups is 3. The predicted octanol–water partition coefficient (Wildman–Crippen LogP) is 4.66. The lowest BCUT2D eigenvalue weighted by Crippen LogP contribution is -2.78. The maximum atomic E-state index is 12.5. The number of carbonyl (C=O) groups excluding carboxylic acids is 1. The SMILES string of the molecule is CC(C)(C)OC(C(C)(C)C)(C(C)(C)C)[C@](O)([C@H]1OC(=O)C(O)=C1O)C(C)(C)C. The van der Waals surface area contributed by atoms with Crippen molar-refractivity contribution in [3.63, 3.8) is 0 Å². The molecule has 0 aromatic rings. The Morgan fingerprint density at radius 3 is 1.39 bits per heavy atom. The molecule has 0 aromatic carbocycles. The van der Waals surface area contributed by atoms with Crippen LogP contribution in [0.4, 0.5) is 0 Å². The largest absolute Gasteiger partial charge is 0.505 e. The number of carbonyl (C=O) groups is 1. The van der Waals surface area contributed by atoms with Crippen LogP contribution in [0.2, 0.25) is 0 Å². The summed E-state index contributed by atoms with van der Waals surface area (Å²) in [5.41, 5.74) is -6.11. The first-order valence-corrected chi connectivity index (χ1v) is 9.80. The van der Waals surface area contributed by atoms with E-state index < -0.39 is 56.6 Å². The van der Waals surface area contributed by atoms with E-state index in [9.17, 15) is 20.1 Å². The van der Waals surface area contributed by atoms with E-state index in [4.69, 9.17) is 9.47 Å². The lowest BCUT2D eigenvalue weighted by Gasteiger charge is -2.66. The summed E-state index contributed by atoms with van der Waals surface area (Å²) >= 11 is 0. The van der Waals surface area contributed by atoms with E-state index in [1.165, 1.54) is 0 Å². The van der Waals surface area contributed by atoms with Gasteiger partial charge in [0.1, 0.15) is 11.2 Å². The molecule has 0 radical (unpaired) electrons. The van der Waals surface area contributed by atoms with E-state index in [1.807, 2.05) is 83.1 Å². The first kappa shape index (κ1) is 24.8. The van der Waals surface area contributed by atoms with Crippen LogP contribution in [-0.4, -0.2) is 44.2 Å². The molecule has 1 aliphatic rings. The third-order valence-corrected chi connectivity index (χ3v) is 5.54. The second-order valence-corrected chi connectivity index (χ2v) is 11.9. The number of aliphatic hydroxyl groups excluding tert-OH is 2. The summed E-state index contributed by atoms with van der Waals surface area (Å²) in [6, 6.07) is 0. The quantitative estimate of drug-likeness (QED) is 0.596. The molecule has 0 saturated carbocycles. The first-order chi connectivity index (χ1) is 12.0. The molecular weight excluding hydrogens is 360 g/mol. The van der Waals surface area contributed by atoms with Gasteiger partial charge >= 0.3 is 5.97 Å². The summed E-state index contributed by atoms with van der Waals surface area (Å²) in [7, 11) is 0. The van der Waals surface area contributed by atoms with Crippen LogP contribution in [0.3, 0.4) is 0 Å². The van der Waals surface area contributed by atoms with E-state index in [0.29, 0.717) is 0 Å². The molecule has 6 heteroatoms.